The molecule has 0 aromatic carbocycles. The van der Waals surface area contributed by atoms with Gasteiger partial charge in [0, 0.05) is 34.2 Å². The summed E-state index contributed by atoms with van der Waals surface area (Å²) in [7, 11) is -1.13. The highest BCUT2D eigenvalue weighted by Gasteiger charge is 2.42. The van der Waals surface area contributed by atoms with Gasteiger partial charge in [-0.2, -0.15) is 0 Å². The van der Waals surface area contributed by atoms with Crippen LogP contribution in [0.1, 0.15) is 49.9 Å². The largest absolute Gasteiger partial charge is 0.444 e. The molecule has 0 radical (unpaired) electrons. The first-order chi connectivity index (χ1) is 17.4. The number of imidazole rings is 1. The Morgan fingerprint density at radius 2 is 1.86 bits per heavy atom. The third-order valence-electron chi connectivity index (χ3n) is 6.83. The molecule has 2 aliphatic rings. The van der Waals surface area contributed by atoms with E-state index in [4.69, 9.17) is 28.3 Å². The molecule has 9 nitrogen and oxygen atoms in total. The molecule has 1 unspecified atom stereocenters. The molecular weight excluding hydrogens is 544 g/mol. The second kappa shape index (κ2) is 13.1. The maximum absolute atomic E-state index is 6.10. The van der Waals surface area contributed by atoms with Crippen LogP contribution in [0.4, 0.5) is 0 Å². The van der Waals surface area contributed by atoms with Crippen molar-refractivity contribution >= 4 is 24.0 Å². The minimum absolute atomic E-state index is 0.223. The Bertz CT molecular complexity index is 908. The van der Waals surface area contributed by atoms with Gasteiger partial charge in [-0.05, 0) is 34.8 Å². The van der Waals surface area contributed by atoms with Crippen molar-refractivity contribution in [3.05, 3.63) is 35.0 Å². The van der Waals surface area contributed by atoms with Gasteiger partial charge < -0.3 is 23.4 Å². The quantitative estimate of drug-likeness (QED) is 0.222. The maximum atomic E-state index is 6.10. The van der Waals surface area contributed by atoms with E-state index in [1.807, 2.05) is 6.20 Å². The third-order valence-corrected chi connectivity index (χ3v) is 9.17. The molecule has 202 valence electrons. The fraction of sp³-hybridized carbons (Fsp3) is 0.760. The summed E-state index contributed by atoms with van der Waals surface area (Å²) >= 11 is 3.70. The highest BCUT2D eigenvalue weighted by molar-refractivity contribution is 9.10. The van der Waals surface area contributed by atoms with Crippen LogP contribution in [0.3, 0.4) is 0 Å². The number of aromatic nitrogens is 3. The number of halogens is 1. The predicted octanol–water partition coefficient (Wildman–Crippen LogP) is 5.17. The van der Waals surface area contributed by atoms with E-state index in [9.17, 15) is 0 Å². The molecule has 36 heavy (non-hydrogen) atoms. The number of unbranched alkanes of at least 4 members (excludes halogenated alkanes) is 2. The molecule has 2 fully saturated rings. The van der Waals surface area contributed by atoms with Gasteiger partial charge in [-0.25, -0.2) is 9.97 Å². The number of hydrogen-bond acceptors (Lipinski definition) is 8. The second-order valence-electron chi connectivity index (χ2n) is 10.8. The van der Waals surface area contributed by atoms with Gasteiger partial charge in [0.05, 0.1) is 44.9 Å². The summed E-state index contributed by atoms with van der Waals surface area (Å²) in [5.41, 5.74) is 0. The lowest BCUT2D eigenvalue weighted by molar-refractivity contribution is -0.187. The van der Waals surface area contributed by atoms with Gasteiger partial charge in [0.25, 0.3) is 5.89 Å². The molecule has 0 aliphatic carbocycles. The molecular formula is C25H41BrN4O5Si. The van der Waals surface area contributed by atoms with Crippen molar-refractivity contribution in [1.82, 2.24) is 19.4 Å². The highest BCUT2D eigenvalue weighted by atomic mass is 79.9. The normalized spacial score (nSPS) is 19.7. The number of nitrogens with zero attached hydrogens (tertiary/aromatic N) is 4. The van der Waals surface area contributed by atoms with E-state index in [-0.39, 0.29) is 6.04 Å². The third kappa shape index (κ3) is 7.49. The van der Waals surface area contributed by atoms with E-state index in [2.05, 4.69) is 50.0 Å². The van der Waals surface area contributed by atoms with Crippen molar-refractivity contribution in [2.24, 2.45) is 0 Å². The Morgan fingerprint density at radius 1 is 1.08 bits per heavy atom. The molecule has 4 heterocycles. The van der Waals surface area contributed by atoms with Crippen molar-refractivity contribution < 1.29 is 23.4 Å². The molecule has 2 aromatic heterocycles. The lowest BCUT2D eigenvalue weighted by Crippen LogP contribution is -2.40. The van der Waals surface area contributed by atoms with Crippen molar-refractivity contribution in [3.63, 3.8) is 0 Å². The molecule has 1 atom stereocenters. The van der Waals surface area contributed by atoms with Gasteiger partial charge in [-0.3, -0.25) is 9.47 Å². The van der Waals surface area contributed by atoms with E-state index in [1.54, 1.807) is 12.5 Å². The first kappa shape index (κ1) is 27.9. The van der Waals surface area contributed by atoms with Gasteiger partial charge in [-0.15, -0.1) is 0 Å². The summed E-state index contributed by atoms with van der Waals surface area (Å²) in [6, 6.07) is 1.38. The summed E-state index contributed by atoms with van der Waals surface area (Å²) in [4.78, 5) is 11.6. The molecule has 11 heteroatoms. The molecule has 2 aliphatic heterocycles. The second-order valence-corrected chi connectivity index (χ2v) is 17.2. The number of morpholine rings is 1. The van der Waals surface area contributed by atoms with Gasteiger partial charge in [0.2, 0.25) is 5.79 Å². The molecule has 0 amide bonds. The van der Waals surface area contributed by atoms with Crippen molar-refractivity contribution in [2.45, 2.75) is 76.3 Å². The molecule has 0 spiro atoms. The van der Waals surface area contributed by atoms with Gasteiger partial charge in [0.15, 0.2) is 0 Å². The van der Waals surface area contributed by atoms with Crippen LogP contribution in [0.25, 0.3) is 0 Å². The van der Waals surface area contributed by atoms with Crippen molar-refractivity contribution in [3.8, 4) is 0 Å². The van der Waals surface area contributed by atoms with Crippen molar-refractivity contribution in [2.75, 3.05) is 46.1 Å². The first-order valence-electron chi connectivity index (χ1n) is 13.2. The van der Waals surface area contributed by atoms with E-state index in [0.717, 1.165) is 81.5 Å². The zero-order valence-corrected chi connectivity index (χ0v) is 24.5. The molecule has 2 saturated heterocycles. The monoisotopic (exact) mass is 584 g/mol. The Kier molecular flexibility index (Phi) is 10.2. The van der Waals surface area contributed by atoms with E-state index in [0.29, 0.717) is 25.8 Å². The summed E-state index contributed by atoms with van der Waals surface area (Å²) in [5.74, 6) is 0.754. The lowest BCUT2D eigenvalue weighted by Gasteiger charge is -2.34. The van der Waals surface area contributed by atoms with Crippen LogP contribution >= 0.6 is 15.9 Å². The predicted molar refractivity (Wildman–Crippen MR) is 142 cm³/mol. The van der Waals surface area contributed by atoms with Crippen LogP contribution < -0.4 is 0 Å². The van der Waals surface area contributed by atoms with Crippen molar-refractivity contribution in [1.29, 1.82) is 0 Å². The smallest absolute Gasteiger partial charge is 0.255 e. The average molecular weight is 586 g/mol. The SMILES string of the molecule is C[Si](C)(C)CCOCn1c(Br)cnc1C(CCCCCC1(c2ncco2)OCCO1)N1CCOCC1. The Balaban J connectivity index is 1.35. The average Bonchev–Trinajstić information content (AvgIpc) is 3.62. The van der Waals surface area contributed by atoms with E-state index >= 15 is 0 Å². The van der Waals surface area contributed by atoms with Crippen LogP contribution in [0, 0.1) is 0 Å². The summed E-state index contributed by atoms with van der Waals surface area (Å²) in [6.45, 7) is 12.9. The van der Waals surface area contributed by atoms with Gasteiger partial charge in [-0.1, -0.05) is 32.5 Å². The zero-order valence-electron chi connectivity index (χ0n) is 21.9. The molecule has 4 rings (SSSR count). The molecule has 0 saturated carbocycles. The maximum Gasteiger partial charge on any atom is 0.255 e. The summed E-state index contributed by atoms with van der Waals surface area (Å²) in [6.07, 6.45) is 9.98. The number of ether oxygens (including phenoxy) is 4. The molecule has 2 aromatic rings. The minimum atomic E-state index is -1.13. The Labute approximate surface area is 224 Å². The minimum Gasteiger partial charge on any atom is -0.444 e. The lowest BCUT2D eigenvalue weighted by atomic mass is 10.0. The van der Waals surface area contributed by atoms with Crippen LogP contribution in [-0.2, 0) is 31.5 Å². The fourth-order valence-corrected chi connectivity index (χ4v) is 5.92. The number of oxazole rings is 1. The topological polar surface area (TPSA) is 84.0 Å². The van der Waals surface area contributed by atoms with E-state index < -0.39 is 13.9 Å². The highest BCUT2D eigenvalue weighted by Crippen LogP contribution is 2.36. The van der Waals surface area contributed by atoms with Gasteiger partial charge >= 0.3 is 0 Å². The van der Waals surface area contributed by atoms with E-state index in [1.165, 1.54) is 0 Å². The fourth-order valence-electron chi connectivity index (χ4n) is 4.77. The van der Waals surface area contributed by atoms with Crippen LogP contribution in [-0.4, -0.2) is 73.6 Å². The Morgan fingerprint density at radius 3 is 2.56 bits per heavy atom. The van der Waals surface area contributed by atoms with Crippen LogP contribution in [0.15, 0.2) is 27.7 Å². The Hall–Kier alpha value is -1.08. The summed E-state index contributed by atoms with van der Waals surface area (Å²) < 4.78 is 32.3. The van der Waals surface area contributed by atoms with Crippen LogP contribution in [0.5, 0.6) is 0 Å². The first-order valence-corrected chi connectivity index (χ1v) is 17.7. The summed E-state index contributed by atoms with van der Waals surface area (Å²) in [5, 5.41) is 0. The number of rotatable bonds is 14. The standard InChI is InChI=1S/C25H41BrN4O5Si/c1-36(2,3)18-17-32-20-30-22(26)19-28-23(30)21(29-10-13-31-14-11-29)7-5-4-6-8-25(34-15-16-35-25)24-27-9-12-33-24/h9,12,19,21H,4-8,10-11,13-18,20H2,1-3H3. The molecule has 0 N–H and O–H groups in total. The van der Waals surface area contributed by atoms with Gasteiger partial charge in [0.1, 0.15) is 23.4 Å². The van der Waals surface area contributed by atoms with Crippen LogP contribution in [0.2, 0.25) is 25.7 Å². The number of hydrogen-bond donors (Lipinski definition) is 0. The zero-order chi connectivity index (χ0) is 25.4. The molecule has 0 bridgehead atoms.